The first-order valence-corrected chi connectivity index (χ1v) is 10.8. The lowest BCUT2D eigenvalue weighted by Crippen LogP contribution is -2.16. The van der Waals surface area contributed by atoms with Crippen molar-refractivity contribution in [2.75, 3.05) is 19.0 Å². The minimum Gasteiger partial charge on any atom is -0.486 e. The molecule has 0 radical (unpaired) electrons. The van der Waals surface area contributed by atoms with E-state index in [0.29, 0.717) is 30.3 Å². The zero-order valence-corrected chi connectivity index (χ0v) is 17.9. The summed E-state index contributed by atoms with van der Waals surface area (Å²) in [5.41, 5.74) is 5.95. The second-order valence-electron chi connectivity index (χ2n) is 7.56. The number of nitrogens with zero attached hydrogens (tertiary/aromatic N) is 3. The normalized spacial score (nSPS) is 13.2. The zero-order valence-electron chi connectivity index (χ0n) is 17.1. The molecule has 0 saturated heterocycles. The largest absolute Gasteiger partial charge is 0.486 e. The molecule has 1 aliphatic rings. The predicted molar refractivity (Wildman–Crippen MR) is 117 cm³/mol. The lowest BCUT2D eigenvalue weighted by Gasteiger charge is -2.18. The second kappa shape index (κ2) is 7.32. The number of carbonyl (C=O) groups excluding carboxylic acids is 1. The van der Waals surface area contributed by atoms with E-state index in [1.165, 1.54) is 17.3 Å². The Hall–Kier alpha value is -3.06. The van der Waals surface area contributed by atoms with Crippen molar-refractivity contribution in [2.24, 2.45) is 0 Å². The highest BCUT2D eigenvalue weighted by Gasteiger charge is 2.18. The second-order valence-corrected chi connectivity index (χ2v) is 8.50. The van der Waals surface area contributed by atoms with E-state index in [0.717, 1.165) is 32.8 Å². The van der Waals surface area contributed by atoms with Crippen LogP contribution in [0.2, 0.25) is 0 Å². The summed E-state index contributed by atoms with van der Waals surface area (Å²) in [7, 11) is 0. The molecule has 0 atom stereocenters. The quantitative estimate of drug-likeness (QED) is 0.357. The van der Waals surface area contributed by atoms with Crippen LogP contribution in [0.1, 0.15) is 27.0 Å². The molecule has 0 saturated carbocycles. The molecule has 0 spiro atoms. The van der Waals surface area contributed by atoms with Gasteiger partial charge in [-0.25, -0.2) is 0 Å². The van der Waals surface area contributed by atoms with Gasteiger partial charge < -0.3 is 9.47 Å². The summed E-state index contributed by atoms with van der Waals surface area (Å²) in [5, 5.41) is 10.6. The van der Waals surface area contributed by atoms with Crippen LogP contribution in [-0.2, 0) is 0 Å². The molecule has 0 N–H and O–H groups in total. The average molecular weight is 420 g/mol. The van der Waals surface area contributed by atoms with Crippen LogP contribution < -0.4 is 9.47 Å². The summed E-state index contributed by atoms with van der Waals surface area (Å²) in [6.07, 6.45) is 0. The van der Waals surface area contributed by atoms with Gasteiger partial charge in [-0.05, 0) is 67.6 Å². The van der Waals surface area contributed by atoms with Gasteiger partial charge in [-0.15, -0.1) is 10.2 Å². The van der Waals surface area contributed by atoms with Crippen LogP contribution in [0.4, 0.5) is 0 Å². The third kappa shape index (κ3) is 3.19. The number of benzene rings is 2. The van der Waals surface area contributed by atoms with Gasteiger partial charge in [0.2, 0.25) is 0 Å². The molecule has 30 heavy (non-hydrogen) atoms. The molecule has 0 unspecified atom stereocenters. The summed E-state index contributed by atoms with van der Waals surface area (Å²) in [6, 6.07) is 11.8. The van der Waals surface area contributed by atoms with Crippen LogP contribution in [0.3, 0.4) is 0 Å². The summed E-state index contributed by atoms with van der Waals surface area (Å²) in [5.74, 6) is 1.58. The molecule has 1 aliphatic heterocycles. The first-order valence-electron chi connectivity index (χ1n) is 9.82. The van der Waals surface area contributed by atoms with Gasteiger partial charge in [0.25, 0.3) is 0 Å². The van der Waals surface area contributed by atoms with Crippen LogP contribution in [0, 0.1) is 20.8 Å². The van der Waals surface area contributed by atoms with Crippen molar-refractivity contribution in [3.8, 4) is 11.5 Å². The Balaban J connectivity index is 1.48. The van der Waals surface area contributed by atoms with Crippen LogP contribution in [-0.4, -0.2) is 39.3 Å². The fraction of sp³-hybridized carbons (Fsp3) is 0.261. The molecular formula is C23H21N3O3S. The fourth-order valence-corrected chi connectivity index (χ4v) is 4.79. The van der Waals surface area contributed by atoms with E-state index in [1.54, 1.807) is 18.2 Å². The van der Waals surface area contributed by atoms with Gasteiger partial charge >= 0.3 is 0 Å². The number of fused-ring (bicyclic) bond motifs is 4. The Morgan fingerprint density at radius 2 is 1.80 bits per heavy atom. The highest BCUT2D eigenvalue weighted by molar-refractivity contribution is 7.99. The first-order chi connectivity index (χ1) is 14.5. The Labute approximate surface area is 178 Å². The van der Waals surface area contributed by atoms with E-state index < -0.39 is 0 Å². The Kier molecular flexibility index (Phi) is 4.62. The smallest absolute Gasteiger partial charge is 0.196 e. The maximum Gasteiger partial charge on any atom is 0.196 e. The number of thioether (sulfide) groups is 1. The number of hydrogen-bond acceptors (Lipinski definition) is 6. The molecule has 152 valence electrons. The van der Waals surface area contributed by atoms with E-state index in [1.807, 2.05) is 6.92 Å². The van der Waals surface area contributed by atoms with Gasteiger partial charge in [0.1, 0.15) is 13.2 Å². The maximum absolute atomic E-state index is 12.8. The van der Waals surface area contributed by atoms with E-state index >= 15 is 0 Å². The van der Waals surface area contributed by atoms with Crippen molar-refractivity contribution in [1.82, 2.24) is 14.6 Å². The van der Waals surface area contributed by atoms with E-state index in [2.05, 4.69) is 46.6 Å². The Morgan fingerprint density at radius 3 is 2.63 bits per heavy atom. The molecular weight excluding hydrogens is 398 g/mol. The maximum atomic E-state index is 12.8. The van der Waals surface area contributed by atoms with Gasteiger partial charge in [-0.3, -0.25) is 9.20 Å². The monoisotopic (exact) mass is 419 g/mol. The summed E-state index contributed by atoms with van der Waals surface area (Å²) in [4.78, 5) is 12.8. The van der Waals surface area contributed by atoms with Gasteiger partial charge in [-0.1, -0.05) is 23.4 Å². The molecule has 4 aromatic rings. The number of Topliss-reactive ketones (excluding diaryl/α,β-unsaturated/α-hetero) is 1. The van der Waals surface area contributed by atoms with Crippen LogP contribution in [0.5, 0.6) is 11.5 Å². The molecule has 6 nitrogen and oxygen atoms in total. The summed E-state index contributed by atoms with van der Waals surface area (Å²) < 4.78 is 13.2. The average Bonchev–Trinajstić information content (AvgIpc) is 3.15. The zero-order chi connectivity index (χ0) is 20.8. The molecule has 0 amide bonds. The van der Waals surface area contributed by atoms with Crippen molar-refractivity contribution in [1.29, 1.82) is 0 Å². The molecule has 2 aromatic carbocycles. The number of aromatic nitrogens is 3. The van der Waals surface area contributed by atoms with Crippen molar-refractivity contribution >= 4 is 34.1 Å². The van der Waals surface area contributed by atoms with Crippen LogP contribution >= 0.6 is 11.8 Å². The molecule has 7 heteroatoms. The Bertz CT molecular complexity index is 1310. The Morgan fingerprint density at radius 1 is 1.00 bits per heavy atom. The SMILES string of the molecule is Cc1cc(C)c2c(c1)cc(C)c1nnc(SCC(=O)c3ccc4c(c3)OCCO4)n12. The number of ketones is 1. The number of ether oxygens (including phenoxy) is 2. The fourth-order valence-electron chi connectivity index (χ4n) is 3.96. The topological polar surface area (TPSA) is 65.7 Å². The molecule has 2 aromatic heterocycles. The van der Waals surface area contributed by atoms with Crippen molar-refractivity contribution in [3.05, 3.63) is 58.7 Å². The van der Waals surface area contributed by atoms with Gasteiger partial charge in [0, 0.05) is 5.56 Å². The summed E-state index contributed by atoms with van der Waals surface area (Å²) in [6.45, 7) is 7.26. The molecule has 0 aliphatic carbocycles. The van der Waals surface area contributed by atoms with Gasteiger partial charge in [0.15, 0.2) is 28.1 Å². The highest BCUT2D eigenvalue weighted by Crippen LogP contribution is 2.32. The number of carbonyl (C=O) groups is 1. The van der Waals surface area contributed by atoms with Crippen molar-refractivity contribution < 1.29 is 14.3 Å². The molecule has 5 rings (SSSR count). The number of aryl methyl sites for hydroxylation is 3. The van der Waals surface area contributed by atoms with Crippen molar-refractivity contribution in [3.63, 3.8) is 0 Å². The molecule has 3 heterocycles. The lowest BCUT2D eigenvalue weighted by atomic mass is 10.1. The number of hydrogen-bond donors (Lipinski definition) is 0. The molecule has 0 bridgehead atoms. The lowest BCUT2D eigenvalue weighted by molar-refractivity contribution is 0.102. The van der Waals surface area contributed by atoms with Crippen LogP contribution in [0.15, 0.2) is 41.6 Å². The predicted octanol–water partition coefficient (Wildman–Crippen LogP) is 4.55. The highest BCUT2D eigenvalue weighted by atomic mass is 32.2. The number of pyridine rings is 1. The molecule has 0 fully saturated rings. The third-order valence-electron chi connectivity index (χ3n) is 5.25. The minimum atomic E-state index is 0.0123. The van der Waals surface area contributed by atoms with Gasteiger partial charge in [0.05, 0.1) is 11.3 Å². The van der Waals surface area contributed by atoms with E-state index in [-0.39, 0.29) is 11.5 Å². The van der Waals surface area contributed by atoms with E-state index in [4.69, 9.17) is 9.47 Å². The van der Waals surface area contributed by atoms with Gasteiger partial charge in [-0.2, -0.15) is 0 Å². The minimum absolute atomic E-state index is 0.0123. The first kappa shape index (κ1) is 18.9. The number of rotatable bonds is 4. The standard InChI is InChI=1S/C23H21N3O3S/c1-13-8-14(2)21-17(9-13)10-15(3)22-24-25-23(26(21)22)30-12-18(27)16-4-5-19-20(11-16)29-7-6-28-19/h4-5,8-11H,6-7,12H2,1-3H3. The summed E-state index contributed by atoms with van der Waals surface area (Å²) >= 11 is 1.40. The third-order valence-corrected chi connectivity index (χ3v) is 6.18. The van der Waals surface area contributed by atoms with Crippen LogP contribution in [0.25, 0.3) is 16.6 Å². The van der Waals surface area contributed by atoms with Crippen molar-refractivity contribution in [2.45, 2.75) is 25.9 Å². The van der Waals surface area contributed by atoms with E-state index in [9.17, 15) is 4.79 Å².